The van der Waals surface area contributed by atoms with Gasteiger partial charge in [0, 0.05) is 6.42 Å². The summed E-state index contributed by atoms with van der Waals surface area (Å²) in [6.07, 6.45) is -2.45. The third-order valence-electron chi connectivity index (χ3n) is 2.85. The standard InChI is InChI=1S/C13H19N2O7P/c14-11(9-23(19,20)21)12(16)6-7-15(13(17)18)22-8-10-4-2-1-3-5-10/h1-5,11H,6-9,14H2,(H,17,18)(H2,19,20,21). The van der Waals surface area contributed by atoms with Gasteiger partial charge in [-0.15, -0.1) is 0 Å². The van der Waals surface area contributed by atoms with Crippen molar-refractivity contribution in [1.82, 2.24) is 5.06 Å². The van der Waals surface area contributed by atoms with Crippen LogP contribution in [0.1, 0.15) is 12.0 Å². The lowest BCUT2D eigenvalue weighted by atomic mass is 10.1. The van der Waals surface area contributed by atoms with Crippen LogP contribution in [0.3, 0.4) is 0 Å². The molecule has 0 aliphatic rings. The molecule has 0 fully saturated rings. The Hall–Kier alpha value is -1.77. The number of carbonyl (C=O) groups excluding carboxylic acids is 1. The minimum absolute atomic E-state index is 0.00979. The summed E-state index contributed by atoms with van der Waals surface area (Å²) in [5, 5.41) is 9.62. The highest BCUT2D eigenvalue weighted by Crippen LogP contribution is 2.34. The molecule has 1 unspecified atom stereocenters. The van der Waals surface area contributed by atoms with Crippen LogP contribution >= 0.6 is 7.60 Å². The molecule has 1 rings (SSSR count). The van der Waals surface area contributed by atoms with Crippen molar-refractivity contribution in [3.8, 4) is 0 Å². The van der Waals surface area contributed by atoms with Gasteiger partial charge >= 0.3 is 13.7 Å². The molecule has 1 aromatic rings. The predicted octanol–water partition coefficient (Wildman–Crippen LogP) is 0.562. The Morgan fingerprint density at radius 2 is 1.87 bits per heavy atom. The highest BCUT2D eigenvalue weighted by atomic mass is 31.2. The first-order chi connectivity index (χ1) is 10.7. The number of hydrogen-bond acceptors (Lipinski definition) is 5. The minimum Gasteiger partial charge on any atom is -0.463 e. The first-order valence-corrected chi connectivity index (χ1v) is 8.49. The molecule has 10 heteroatoms. The molecule has 9 nitrogen and oxygen atoms in total. The molecule has 0 aliphatic heterocycles. The van der Waals surface area contributed by atoms with Crippen LogP contribution in [0.5, 0.6) is 0 Å². The molecular weight excluding hydrogens is 327 g/mol. The number of carbonyl (C=O) groups is 2. The minimum atomic E-state index is -4.40. The number of nitrogens with zero attached hydrogens (tertiary/aromatic N) is 1. The van der Waals surface area contributed by atoms with E-state index in [0.717, 1.165) is 5.56 Å². The zero-order chi connectivity index (χ0) is 17.5. The average Bonchev–Trinajstić information content (AvgIpc) is 2.45. The molecule has 1 amide bonds. The number of nitrogens with two attached hydrogens (primary N) is 1. The fourth-order valence-electron chi connectivity index (χ4n) is 1.70. The maximum Gasteiger partial charge on any atom is 0.431 e. The molecule has 5 N–H and O–H groups in total. The van der Waals surface area contributed by atoms with Gasteiger partial charge < -0.3 is 20.6 Å². The zero-order valence-corrected chi connectivity index (χ0v) is 13.1. The Kier molecular flexibility index (Phi) is 7.34. The summed E-state index contributed by atoms with van der Waals surface area (Å²) in [6.45, 7) is -0.272. The number of benzene rings is 1. The molecular formula is C13H19N2O7P. The Labute approximate surface area is 132 Å². The van der Waals surface area contributed by atoms with E-state index in [4.69, 9.17) is 25.5 Å². The highest BCUT2D eigenvalue weighted by molar-refractivity contribution is 7.51. The Morgan fingerprint density at radius 1 is 1.26 bits per heavy atom. The van der Waals surface area contributed by atoms with E-state index in [0.29, 0.717) is 5.06 Å². The van der Waals surface area contributed by atoms with Crippen LogP contribution < -0.4 is 5.73 Å². The normalized spacial score (nSPS) is 12.7. The van der Waals surface area contributed by atoms with E-state index >= 15 is 0 Å². The SMILES string of the molecule is NC(CP(=O)(O)O)C(=O)CCN(OCc1ccccc1)C(=O)O. The molecule has 0 spiro atoms. The summed E-state index contributed by atoms with van der Waals surface area (Å²) in [4.78, 5) is 45.4. The molecule has 0 saturated carbocycles. The van der Waals surface area contributed by atoms with E-state index in [1.165, 1.54) is 0 Å². The summed E-state index contributed by atoms with van der Waals surface area (Å²) in [5.74, 6) is -0.650. The van der Waals surface area contributed by atoms with Crippen LogP contribution in [0, 0.1) is 0 Å². The Morgan fingerprint density at radius 3 is 2.39 bits per heavy atom. The van der Waals surface area contributed by atoms with Gasteiger partial charge in [-0.05, 0) is 5.56 Å². The number of carboxylic acid groups (broad SMARTS) is 1. The van der Waals surface area contributed by atoms with Crippen molar-refractivity contribution in [3.63, 3.8) is 0 Å². The van der Waals surface area contributed by atoms with Gasteiger partial charge in [-0.25, -0.2) is 4.79 Å². The highest BCUT2D eigenvalue weighted by Gasteiger charge is 2.25. The van der Waals surface area contributed by atoms with Crippen LogP contribution in [0.4, 0.5) is 4.79 Å². The first-order valence-electron chi connectivity index (χ1n) is 6.69. The van der Waals surface area contributed by atoms with E-state index in [1.54, 1.807) is 30.3 Å². The van der Waals surface area contributed by atoms with E-state index < -0.39 is 31.7 Å². The van der Waals surface area contributed by atoms with Crippen molar-refractivity contribution in [1.29, 1.82) is 0 Å². The second-order valence-corrected chi connectivity index (χ2v) is 6.51. The van der Waals surface area contributed by atoms with Gasteiger partial charge in [-0.1, -0.05) is 30.3 Å². The molecule has 128 valence electrons. The molecule has 0 saturated heterocycles. The summed E-state index contributed by atoms with van der Waals surface area (Å²) in [7, 11) is -4.40. The summed E-state index contributed by atoms with van der Waals surface area (Å²) in [6, 6.07) is 7.51. The molecule has 0 aliphatic carbocycles. The number of hydrogen-bond donors (Lipinski definition) is 4. The van der Waals surface area contributed by atoms with Gasteiger partial charge in [-0.2, -0.15) is 5.06 Å². The summed E-state index contributed by atoms with van der Waals surface area (Å²) >= 11 is 0. The van der Waals surface area contributed by atoms with E-state index in [2.05, 4.69) is 0 Å². The Balaban J connectivity index is 2.48. The maximum absolute atomic E-state index is 11.7. The second kappa shape index (κ2) is 8.76. The summed E-state index contributed by atoms with van der Waals surface area (Å²) in [5.41, 5.74) is 6.14. The molecule has 0 radical (unpaired) electrons. The quantitative estimate of drug-likeness (QED) is 0.374. The molecule has 1 aromatic carbocycles. The van der Waals surface area contributed by atoms with Gasteiger partial charge in [0.2, 0.25) is 0 Å². The maximum atomic E-state index is 11.7. The number of ketones is 1. The van der Waals surface area contributed by atoms with Crippen LogP contribution in [-0.2, 0) is 20.8 Å². The van der Waals surface area contributed by atoms with Gasteiger partial charge in [0.25, 0.3) is 0 Å². The third-order valence-corrected chi connectivity index (χ3v) is 3.72. The second-order valence-electron chi connectivity index (χ2n) is 4.81. The van der Waals surface area contributed by atoms with Crippen LogP contribution in [0.15, 0.2) is 30.3 Å². The molecule has 0 bridgehead atoms. The van der Waals surface area contributed by atoms with E-state index in [-0.39, 0.29) is 19.6 Å². The van der Waals surface area contributed by atoms with Gasteiger partial charge in [-0.3, -0.25) is 14.2 Å². The van der Waals surface area contributed by atoms with Crippen molar-refractivity contribution in [2.24, 2.45) is 5.73 Å². The lowest BCUT2D eigenvalue weighted by Crippen LogP contribution is -2.38. The number of rotatable bonds is 9. The largest absolute Gasteiger partial charge is 0.463 e. The fraction of sp³-hybridized carbons (Fsp3) is 0.385. The first kappa shape index (κ1) is 19.3. The fourth-order valence-corrected chi connectivity index (χ4v) is 2.41. The van der Waals surface area contributed by atoms with Crippen molar-refractivity contribution in [2.45, 2.75) is 19.1 Å². The molecule has 0 heterocycles. The predicted molar refractivity (Wildman–Crippen MR) is 80.5 cm³/mol. The third kappa shape index (κ3) is 7.87. The monoisotopic (exact) mass is 346 g/mol. The lowest BCUT2D eigenvalue weighted by Gasteiger charge is -2.19. The topological polar surface area (TPSA) is 150 Å². The Bertz CT molecular complexity index is 575. The van der Waals surface area contributed by atoms with Crippen molar-refractivity contribution < 1.29 is 33.9 Å². The molecule has 23 heavy (non-hydrogen) atoms. The molecule has 0 aromatic heterocycles. The number of Topliss-reactive ketones (excluding diaryl/α,β-unsaturated/α-hetero) is 1. The number of amides is 1. The van der Waals surface area contributed by atoms with Gasteiger partial charge in [0.15, 0.2) is 5.78 Å². The van der Waals surface area contributed by atoms with Crippen LogP contribution in [0.2, 0.25) is 0 Å². The zero-order valence-electron chi connectivity index (χ0n) is 12.2. The van der Waals surface area contributed by atoms with E-state index in [9.17, 15) is 14.2 Å². The van der Waals surface area contributed by atoms with E-state index in [1.807, 2.05) is 0 Å². The average molecular weight is 346 g/mol. The number of hydroxylamine groups is 2. The van der Waals surface area contributed by atoms with Gasteiger partial charge in [0.1, 0.15) is 6.61 Å². The van der Waals surface area contributed by atoms with Crippen LogP contribution in [-0.4, -0.2) is 50.6 Å². The summed E-state index contributed by atoms with van der Waals surface area (Å²) < 4.78 is 10.8. The smallest absolute Gasteiger partial charge is 0.431 e. The van der Waals surface area contributed by atoms with Gasteiger partial charge in [0.05, 0.1) is 18.7 Å². The van der Waals surface area contributed by atoms with Crippen molar-refractivity contribution >= 4 is 19.5 Å². The van der Waals surface area contributed by atoms with Crippen molar-refractivity contribution in [2.75, 3.05) is 12.7 Å². The van der Waals surface area contributed by atoms with Crippen LogP contribution in [0.25, 0.3) is 0 Å². The lowest BCUT2D eigenvalue weighted by molar-refractivity contribution is -0.145. The van der Waals surface area contributed by atoms with Crippen molar-refractivity contribution in [3.05, 3.63) is 35.9 Å². The molecule has 1 atom stereocenters.